The van der Waals surface area contributed by atoms with Gasteiger partial charge in [0.2, 0.25) is 0 Å². The minimum atomic E-state index is -1.80. The van der Waals surface area contributed by atoms with Crippen LogP contribution < -0.4 is 0 Å². The van der Waals surface area contributed by atoms with Gasteiger partial charge in [0.05, 0.1) is 18.9 Å². The quantitative estimate of drug-likeness (QED) is 0.390. The van der Waals surface area contributed by atoms with Crippen LogP contribution in [0.25, 0.3) is 0 Å². The summed E-state index contributed by atoms with van der Waals surface area (Å²) in [5, 5.41) is 0. The molecule has 0 bridgehead atoms. The molecule has 0 spiro atoms. The molecule has 0 aromatic carbocycles. The fourth-order valence-corrected chi connectivity index (χ4v) is 7.72. The van der Waals surface area contributed by atoms with Gasteiger partial charge in [-0.25, -0.2) is 0 Å². The third-order valence-corrected chi connectivity index (χ3v) is 8.62. The molecule has 0 N–H and O–H groups in total. The van der Waals surface area contributed by atoms with Crippen LogP contribution in [0.2, 0.25) is 18.1 Å². The Morgan fingerprint density at radius 3 is 1.79 bits per heavy atom. The van der Waals surface area contributed by atoms with Gasteiger partial charge in [-0.15, -0.1) is 0 Å². The molecule has 1 rings (SSSR count). The number of hydrogen-bond donors (Lipinski definition) is 0. The van der Waals surface area contributed by atoms with Gasteiger partial charge in [0, 0.05) is 0 Å². The van der Waals surface area contributed by atoms with E-state index in [1.54, 1.807) is 0 Å². The van der Waals surface area contributed by atoms with Crippen LogP contribution in [0.5, 0.6) is 0 Å². The molecule has 0 radical (unpaired) electrons. The maximum Gasteiger partial charge on any atom is 0.316 e. The van der Waals surface area contributed by atoms with E-state index in [1.807, 2.05) is 0 Å². The number of cyclic esters (lactones) is 2. The number of esters is 2. The van der Waals surface area contributed by atoms with Crippen molar-refractivity contribution in [3.63, 3.8) is 0 Å². The van der Waals surface area contributed by atoms with E-state index < -0.39 is 20.3 Å². The highest BCUT2D eigenvalue weighted by molar-refractivity contribution is 6.73. The smallest absolute Gasteiger partial charge is 0.316 e. The first kappa shape index (κ1) is 16.4. The largest absolute Gasteiger partial charge is 0.413 e. The molecule has 0 saturated carbocycles. The van der Waals surface area contributed by atoms with Gasteiger partial charge < -0.3 is 9.16 Å². The molecule has 1 saturated heterocycles. The molecule has 1 heterocycles. The molecule has 1 aliphatic rings. The van der Waals surface area contributed by atoms with Crippen LogP contribution in [-0.4, -0.2) is 26.4 Å². The molecule has 1 fully saturated rings. The molecule has 0 atom stereocenters. The van der Waals surface area contributed by atoms with Crippen molar-refractivity contribution in [1.29, 1.82) is 0 Å². The van der Waals surface area contributed by atoms with Crippen LogP contribution in [0.3, 0.4) is 0 Å². The highest BCUT2D eigenvalue weighted by atomic mass is 28.4. The standard InChI is InChI=1S/C14H26O4Si/c1-4-7-19(8-5-2,9-6-3)18-12-10-13(15)17-14(16)11-12/h12H,4-11H2,1-3H3. The highest BCUT2D eigenvalue weighted by Crippen LogP contribution is 2.31. The number of ether oxygens (including phenoxy) is 1. The molecule has 0 unspecified atom stereocenters. The first-order valence-electron chi connectivity index (χ1n) is 7.46. The normalized spacial score (nSPS) is 17.6. The minimum absolute atomic E-state index is 0.234. The number of carbonyl (C=O) groups excluding carboxylic acids is 2. The molecule has 19 heavy (non-hydrogen) atoms. The van der Waals surface area contributed by atoms with E-state index in [0.717, 1.165) is 37.4 Å². The van der Waals surface area contributed by atoms with E-state index in [9.17, 15) is 9.59 Å². The summed E-state index contributed by atoms with van der Waals surface area (Å²) < 4.78 is 10.9. The molecule has 110 valence electrons. The minimum Gasteiger partial charge on any atom is -0.413 e. The fourth-order valence-electron chi connectivity index (χ4n) is 3.01. The van der Waals surface area contributed by atoms with Gasteiger partial charge in [0.25, 0.3) is 0 Å². The van der Waals surface area contributed by atoms with Crippen LogP contribution in [0.1, 0.15) is 52.9 Å². The van der Waals surface area contributed by atoms with Crippen LogP contribution >= 0.6 is 0 Å². The van der Waals surface area contributed by atoms with Gasteiger partial charge in [-0.2, -0.15) is 0 Å². The van der Waals surface area contributed by atoms with Crippen molar-refractivity contribution in [1.82, 2.24) is 0 Å². The van der Waals surface area contributed by atoms with Crippen molar-refractivity contribution in [3.8, 4) is 0 Å². The molecule has 0 aromatic rings. The summed E-state index contributed by atoms with van der Waals surface area (Å²) in [4.78, 5) is 22.7. The Labute approximate surface area is 117 Å². The topological polar surface area (TPSA) is 52.6 Å². The van der Waals surface area contributed by atoms with Gasteiger partial charge in [0.15, 0.2) is 8.32 Å². The third kappa shape index (κ3) is 5.07. The van der Waals surface area contributed by atoms with Crippen molar-refractivity contribution in [2.24, 2.45) is 0 Å². The Morgan fingerprint density at radius 2 is 1.42 bits per heavy atom. The van der Waals surface area contributed by atoms with Crippen molar-refractivity contribution in [2.45, 2.75) is 77.1 Å². The average molecular weight is 286 g/mol. The lowest BCUT2D eigenvalue weighted by Crippen LogP contribution is -2.44. The van der Waals surface area contributed by atoms with Crippen LogP contribution in [0, 0.1) is 0 Å². The van der Waals surface area contributed by atoms with Gasteiger partial charge in [0.1, 0.15) is 0 Å². The molecule has 0 amide bonds. The summed E-state index contributed by atoms with van der Waals surface area (Å²) in [6.07, 6.45) is 3.55. The van der Waals surface area contributed by atoms with E-state index in [0.29, 0.717) is 0 Å². The zero-order chi connectivity index (χ0) is 14.3. The Morgan fingerprint density at radius 1 is 1.00 bits per heavy atom. The predicted molar refractivity (Wildman–Crippen MR) is 76.3 cm³/mol. The van der Waals surface area contributed by atoms with E-state index >= 15 is 0 Å². The van der Waals surface area contributed by atoms with Crippen molar-refractivity contribution in [2.75, 3.05) is 0 Å². The van der Waals surface area contributed by atoms with Crippen LogP contribution in [-0.2, 0) is 18.8 Å². The number of carbonyl (C=O) groups is 2. The summed E-state index contributed by atoms with van der Waals surface area (Å²) in [6.45, 7) is 6.53. The molecule has 5 heteroatoms. The summed E-state index contributed by atoms with van der Waals surface area (Å²) >= 11 is 0. The highest BCUT2D eigenvalue weighted by Gasteiger charge is 2.38. The van der Waals surface area contributed by atoms with E-state index in [1.165, 1.54) is 0 Å². The molecular weight excluding hydrogens is 260 g/mol. The molecule has 1 aliphatic heterocycles. The van der Waals surface area contributed by atoms with E-state index in [4.69, 9.17) is 4.43 Å². The second-order valence-electron chi connectivity index (χ2n) is 5.43. The first-order chi connectivity index (χ1) is 9.05. The molecular formula is C14H26O4Si. The van der Waals surface area contributed by atoms with Gasteiger partial charge >= 0.3 is 11.9 Å². The second kappa shape index (κ2) is 7.80. The second-order valence-corrected chi connectivity index (χ2v) is 9.53. The van der Waals surface area contributed by atoms with Gasteiger partial charge in [-0.05, 0) is 18.1 Å². The predicted octanol–water partition coefficient (Wildman–Crippen LogP) is 3.41. The SMILES string of the molecule is CCC[Si](CCC)(CCC)OC1CC(=O)OC(=O)C1. The lowest BCUT2D eigenvalue weighted by Gasteiger charge is -2.35. The van der Waals surface area contributed by atoms with Crippen molar-refractivity contribution < 1.29 is 18.8 Å². The monoisotopic (exact) mass is 286 g/mol. The summed E-state index contributed by atoms with van der Waals surface area (Å²) in [7, 11) is -1.80. The summed E-state index contributed by atoms with van der Waals surface area (Å²) in [5.74, 6) is -0.873. The fraction of sp³-hybridized carbons (Fsp3) is 0.857. The molecule has 4 nitrogen and oxygen atoms in total. The Bertz CT molecular complexity index is 284. The van der Waals surface area contributed by atoms with Crippen molar-refractivity contribution >= 4 is 20.3 Å². The first-order valence-corrected chi connectivity index (χ1v) is 9.99. The maximum absolute atomic E-state index is 11.3. The maximum atomic E-state index is 11.3. The number of hydrogen-bond acceptors (Lipinski definition) is 4. The van der Waals surface area contributed by atoms with Crippen molar-refractivity contribution in [3.05, 3.63) is 0 Å². The van der Waals surface area contributed by atoms with E-state index in [2.05, 4.69) is 25.5 Å². The third-order valence-electron chi connectivity index (χ3n) is 3.55. The van der Waals surface area contributed by atoms with E-state index in [-0.39, 0.29) is 18.9 Å². The van der Waals surface area contributed by atoms with Gasteiger partial charge in [-0.3, -0.25) is 9.59 Å². The Balaban J connectivity index is 2.73. The molecule has 0 aromatic heterocycles. The van der Waals surface area contributed by atoms with Crippen LogP contribution in [0.4, 0.5) is 0 Å². The lowest BCUT2D eigenvalue weighted by molar-refractivity contribution is -0.167. The van der Waals surface area contributed by atoms with Crippen LogP contribution in [0.15, 0.2) is 0 Å². The average Bonchev–Trinajstić information content (AvgIpc) is 2.28. The molecule has 0 aliphatic carbocycles. The summed E-state index contributed by atoms with van der Waals surface area (Å²) in [6, 6.07) is 3.36. The zero-order valence-electron chi connectivity index (χ0n) is 12.4. The Hall–Kier alpha value is -0.683. The van der Waals surface area contributed by atoms with Gasteiger partial charge in [-0.1, -0.05) is 40.0 Å². The summed E-state index contributed by atoms with van der Waals surface area (Å²) in [5.41, 5.74) is 0. The zero-order valence-corrected chi connectivity index (χ0v) is 13.4. The lowest BCUT2D eigenvalue weighted by atomic mass is 10.1. The Kier molecular flexibility index (Phi) is 6.72. The number of rotatable bonds is 8.